The lowest BCUT2D eigenvalue weighted by atomic mass is 9.89. The van der Waals surface area contributed by atoms with E-state index in [0.29, 0.717) is 17.3 Å². The summed E-state index contributed by atoms with van der Waals surface area (Å²) in [6, 6.07) is 9.39. The third-order valence-corrected chi connectivity index (χ3v) is 4.88. The molecular weight excluding hydrogens is 332 g/mol. The largest absolute Gasteiger partial charge is 0.477 e. The molecule has 0 spiro atoms. The Bertz CT molecular complexity index is 914. The third kappa shape index (κ3) is 2.96. The summed E-state index contributed by atoms with van der Waals surface area (Å²) >= 11 is 0. The maximum Gasteiger partial charge on any atom is 0.352 e. The summed E-state index contributed by atoms with van der Waals surface area (Å²) in [4.78, 5) is 33.9. The average molecular weight is 352 g/mol. The van der Waals surface area contributed by atoms with Gasteiger partial charge in [0, 0.05) is 19.0 Å². The Balaban J connectivity index is 1.82. The van der Waals surface area contributed by atoms with Crippen LogP contribution < -0.4 is 15.8 Å². The number of rotatable bonds is 3. The zero-order valence-electron chi connectivity index (χ0n) is 14.2. The van der Waals surface area contributed by atoms with Crippen molar-refractivity contribution in [3.05, 3.63) is 63.6 Å². The van der Waals surface area contributed by atoms with Crippen LogP contribution in [-0.4, -0.2) is 34.1 Å². The Morgan fingerprint density at radius 1 is 1.15 bits per heavy atom. The number of piperidine rings is 1. The average Bonchev–Trinajstić information content (AvgIpc) is 2.68. The Morgan fingerprint density at radius 3 is 2.58 bits per heavy atom. The van der Waals surface area contributed by atoms with Crippen molar-refractivity contribution in [2.45, 2.75) is 25.2 Å². The molecule has 0 unspecified atom stereocenters. The molecule has 0 saturated carbocycles. The predicted octanol–water partition coefficient (Wildman–Crippen LogP) is 2.29. The number of aromatic amines is 1. The number of aliphatic carboxylic acids is 1. The fourth-order valence-corrected chi connectivity index (χ4v) is 3.58. The van der Waals surface area contributed by atoms with Gasteiger partial charge in [0.25, 0.3) is 5.56 Å². The molecule has 26 heavy (non-hydrogen) atoms. The molecule has 7 nitrogen and oxygen atoms in total. The molecule has 3 N–H and O–H groups in total. The molecule has 3 heterocycles. The first-order valence-electron chi connectivity index (χ1n) is 8.80. The fraction of sp³-hybridized carbons (Fsp3) is 0.316. The van der Waals surface area contributed by atoms with Gasteiger partial charge in [0.2, 0.25) is 5.95 Å². The van der Waals surface area contributed by atoms with Crippen LogP contribution in [0.5, 0.6) is 0 Å². The number of carboxylic acid groups (broad SMARTS) is 1. The van der Waals surface area contributed by atoms with E-state index in [-0.39, 0.29) is 11.3 Å². The van der Waals surface area contributed by atoms with Gasteiger partial charge in [-0.15, -0.1) is 0 Å². The van der Waals surface area contributed by atoms with Crippen molar-refractivity contribution in [1.29, 1.82) is 0 Å². The lowest BCUT2D eigenvalue weighted by molar-refractivity contribution is -0.132. The second kappa shape index (κ2) is 6.67. The van der Waals surface area contributed by atoms with Gasteiger partial charge in [-0.25, -0.2) is 4.79 Å². The van der Waals surface area contributed by atoms with Crippen LogP contribution in [0.25, 0.3) is 0 Å². The molecule has 0 amide bonds. The van der Waals surface area contributed by atoms with Gasteiger partial charge in [0.1, 0.15) is 11.5 Å². The first-order chi connectivity index (χ1) is 12.6. The molecule has 0 aliphatic carbocycles. The number of carbonyl (C=O) groups is 1. The number of fused-ring (bicyclic) bond motifs is 1. The summed E-state index contributed by atoms with van der Waals surface area (Å²) < 4.78 is 0. The van der Waals surface area contributed by atoms with E-state index in [1.807, 2.05) is 35.2 Å². The first kappa shape index (κ1) is 16.4. The second-order valence-electron chi connectivity index (χ2n) is 6.60. The van der Waals surface area contributed by atoms with Crippen LogP contribution in [0, 0.1) is 0 Å². The van der Waals surface area contributed by atoms with E-state index >= 15 is 0 Å². The highest BCUT2D eigenvalue weighted by molar-refractivity contribution is 5.91. The molecule has 134 valence electrons. The van der Waals surface area contributed by atoms with Crippen LogP contribution in [0.4, 0.5) is 11.8 Å². The number of H-pyrrole nitrogens is 1. The standard InChI is InChI=1S/C19H20N4O3/c24-17-15-13(12-7-3-1-4-8-12)11-14(18(25)26)20-16(15)21-19(22-17)23-9-5-2-6-10-23/h1,3-4,7-8,11,13H,2,5-6,9-10H2,(H,25,26)(H2,20,21,22,24)/t13-/m0/s1. The lowest BCUT2D eigenvalue weighted by Gasteiger charge is -2.29. The van der Waals surface area contributed by atoms with Crippen LogP contribution in [0.2, 0.25) is 0 Å². The molecule has 0 radical (unpaired) electrons. The van der Waals surface area contributed by atoms with Crippen molar-refractivity contribution in [1.82, 2.24) is 9.97 Å². The number of aromatic nitrogens is 2. The molecule has 2 aliphatic heterocycles. The van der Waals surface area contributed by atoms with Crippen LogP contribution in [0.3, 0.4) is 0 Å². The molecule has 1 aromatic heterocycles. The number of nitrogens with zero attached hydrogens (tertiary/aromatic N) is 2. The summed E-state index contributed by atoms with van der Waals surface area (Å²) in [7, 11) is 0. The van der Waals surface area contributed by atoms with Gasteiger partial charge in [-0.2, -0.15) is 4.98 Å². The van der Waals surface area contributed by atoms with Crippen molar-refractivity contribution in [3.8, 4) is 0 Å². The van der Waals surface area contributed by atoms with E-state index in [9.17, 15) is 14.7 Å². The smallest absolute Gasteiger partial charge is 0.352 e. The number of anilines is 2. The molecule has 4 rings (SSSR count). The SMILES string of the molecule is O=C(O)C1=C[C@@H](c2ccccc2)c2c(nc(N3CCCCC3)[nH]c2=O)N1. The second-order valence-corrected chi connectivity index (χ2v) is 6.60. The maximum atomic E-state index is 12.8. The third-order valence-electron chi connectivity index (χ3n) is 4.88. The van der Waals surface area contributed by atoms with E-state index in [1.165, 1.54) is 6.42 Å². The molecule has 2 aliphatic rings. The van der Waals surface area contributed by atoms with Crippen molar-refractivity contribution in [2.24, 2.45) is 0 Å². The van der Waals surface area contributed by atoms with Crippen LogP contribution >= 0.6 is 0 Å². The quantitative estimate of drug-likeness (QED) is 0.784. The van der Waals surface area contributed by atoms with Gasteiger partial charge in [-0.3, -0.25) is 9.78 Å². The highest BCUT2D eigenvalue weighted by atomic mass is 16.4. The molecule has 7 heteroatoms. The van der Waals surface area contributed by atoms with Crippen molar-refractivity contribution >= 4 is 17.7 Å². The van der Waals surface area contributed by atoms with Gasteiger partial charge in [0.15, 0.2) is 0 Å². The molecule has 1 atom stereocenters. The highest BCUT2D eigenvalue weighted by Crippen LogP contribution is 2.34. The van der Waals surface area contributed by atoms with Crippen LogP contribution in [0.1, 0.15) is 36.3 Å². The number of nitrogens with one attached hydrogen (secondary N) is 2. The van der Waals surface area contributed by atoms with Gasteiger partial charge < -0.3 is 15.3 Å². The lowest BCUT2D eigenvalue weighted by Crippen LogP contribution is -2.35. The van der Waals surface area contributed by atoms with Crippen molar-refractivity contribution < 1.29 is 9.90 Å². The fourth-order valence-electron chi connectivity index (χ4n) is 3.58. The summed E-state index contributed by atoms with van der Waals surface area (Å²) in [6.07, 6.45) is 4.85. The minimum Gasteiger partial charge on any atom is -0.477 e. The number of hydrogen-bond acceptors (Lipinski definition) is 5. The first-order valence-corrected chi connectivity index (χ1v) is 8.80. The van der Waals surface area contributed by atoms with Crippen molar-refractivity contribution in [3.63, 3.8) is 0 Å². The molecule has 0 bridgehead atoms. The highest BCUT2D eigenvalue weighted by Gasteiger charge is 2.29. The molecule has 2 aromatic rings. The minimum atomic E-state index is -1.07. The Labute approximate surface area is 150 Å². The number of benzene rings is 1. The summed E-state index contributed by atoms with van der Waals surface area (Å²) in [6.45, 7) is 1.68. The van der Waals surface area contributed by atoms with E-state index in [4.69, 9.17) is 0 Å². The molecule has 1 saturated heterocycles. The van der Waals surface area contributed by atoms with E-state index < -0.39 is 11.9 Å². The number of allylic oxidation sites excluding steroid dienone is 1. The number of carboxylic acids is 1. The molecule has 1 fully saturated rings. The normalized spacial score (nSPS) is 19.3. The van der Waals surface area contributed by atoms with Crippen LogP contribution in [-0.2, 0) is 4.79 Å². The van der Waals surface area contributed by atoms with Gasteiger partial charge in [-0.05, 0) is 30.9 Å². The zero-order chi connectivity index (χ0) is 18.1. The molecule has 1 aromatic carbocycles. The summed E-state index contributed by atoms with van der Waals surface area (Å²) in [5.41, 5.74) is 1.10. The van der Waals surface area contributed by atoms with Gasteiger partial charge >= 0.3 is 5.97 Å². The summed E-state index contributed by atoms with van der Waals surface area (Å²) in [5, 5.41) is 12.3. The number of hydrogen-bond donors (Lipinski definition) is 3. The van der Waals surface area contributed by atoms with E-state index in [1.54, 1.807) is 6.08 Å². The Hall–Kier alpha value is -3.09. The Morgan fingerprint density at radius 2 is 1.88 bits per heavy atom. The van der Waals surface area contributed by atoms with Gasteiger partial charge in [0.05, 0.1) is 5.56 Å². The monoisotopic (exact) mass is 352 g/mol. The Kier molecular flexibility index (Phi) is 4.20. The molecular formula is C19H20N4O3. The maximum absolute atomic E-state index is 12.8. The van der Waals surface area contributed by atoms with E-state index in [2.05, 4.69) is 15.3 Å². The topological polar surface area (TPSA) is 98.3 Å². The van der Waals surface area contributed by atoms with E-state index in [0.717, 1.165) is 31.5 Å². The predicted molar refractivity (Wildman–Crippen MR) is 98.5 cm³/mol. The zero-order valence-corrected chi connectivity index (χ0v) is 14.2. The summed E-state index contributed by atoms with van der Waals surface area (Å²) in [5.74, 6) is -0.703. The van der Waals surface area contributed by atoms with Crippen molar-refractivity contribution in [2.75, 3.05) is 23.3 Å². The minimum absolute atomic E-state index is 0.0362. The van der Waals surface area contributed by atoms with Crippen LogP contribution in [0.15, 0.2) is 46.9 Å². The van der Waals surface area contributed by atoms with Gasteiger partial charge in [-0.1, -0.05) is 30.3 Å².